The lowest BCUT2D eigenvalue weighted by atomic mass is 9.49. The molecular formula is C18H22N4O2S. The van der Waals surface area contributed by atoms with Crippen molar-refractivity contribution in [3.63, 3.8) is 0 Å². The molecule has 0 radical (unpaired) electrons. The van der Waals surface area contributed by atoms with Crippen LogP contribution in [0.4, 0.5) is 0 Å². The van der Waals surface area contributed by atoms with Gasteiger partial charge in [0.25, 0.3) is 5.22 Å². The molecule has 1 heterocycles. The third kappa shape index (κ3) is 3.01. The van der Waals surface area contributed by atoms with Gasteiger partial charge in [0.1, 0.15) is 5.92 Å². The van der Waals surface area contributed by atoms with E-state index < -0.39 is 5.92 Å². The molecular weight excluding hydrogens is 336 g/mol. The lowest BCUT2D eigenvalue weighted by Gasteiger charge is -2.55. The van der Waals surface area contributed by atoms with Gasteiger partial charge in [0.15, 0.2) is 5.78 Å². The van der Waals surface area contributed by atoms with Crippen molar-refractivity contribution in [2.45, 2.75) is 56.1 Å². The van der Waals surface area contributed by atoms with Crippen LogP contribution in [-0.2, 0) is 10.2 Å². The fraction of sp³-hybridized carbons (Fsp3) is 0.722. The number of nitrogens with zero attached hydrogens (tertiary/aromatic N) is 3. The Labute approximate surface area is 151 Å². The number of carbonyl (C=O) groups is 1. The summed E-state index contributed by atoms with van der Waals surface area (Å²) in [5.74, 6) is 2.00. The van der Waals surface area contributed by atoms with Gasteiger partial charge in [-0.25, -0.2) is 0 Å². The topological polar surface area (TPSA) is 104 Å². The van der Waals surface area contributed by atoms with Gasteiger partial charge in [-0.05, 0) is 63.2 Å². The quantitative estimate of drug-likeness (QED) is 0.617. The first-order valence-corrected chi connectivity index (χ1v) is 9.92. The first-order valence-electron chi connectivity index (χ1n) is 8.93. The monoisotopic (exact) mass is 358 g/mol. The highest BCUT2D eigenvalue weighted by molar-refractivity contribution is 7.99. The minimum Gasteiger partial charge on any atom is -0.415 e. The number of nitrogens with one attached hydrogen (secondary N) is 1. The van der Waals surface area contributed by atoms with Crippen LogP contribution in [-0.4, -0.2) is 27.4 Å². The molecule has 4 saturated carbocycles. The molecule has 1 aromatic rings. The lowest BCUT2D eigenvalue weighted by molar-refractivity contribution is -0.117. The average molecular weight is 358 g/mol. The number of rotatable bonds is 6. The Morgan fingerprint density at radius 3 is 2.44 bits per heavy atom. The summed E-state index contributed by atoms with van der Waals surface area (Å²) in [6.45, 7) is 1.48. The third-order valence-corrected chi connectivity index (χ3v) is 6.96. The molecule has 7 heteroatoms. The van der Waals surface area contributed by atoms with E-state index in [2.05, 4.69) is 10.2 Å². The van der Waals surface area contributed by atoms with E-state index in [1.165, 1.54) is 37.9 Å². The number of carbonyl (C=O) groups excluding carboxylic acids is 1. The third-order valence-electron chi connectivity index (χ3n) is 6.12. The molecule has 0 aromatic carbocycles. The zero-order valence-corrected chi connectivity index (χ0v) is 15.1. The van der Waals surface area contributed by atoms with Crippen molar-refractivity contribution in [2.24, 2.45) is 23.7 Å². The average Bonchev–Trinajstić information content (AvgIpc) is 3.02. The van der Waals surface area contributed by atoms with Crippen molar-refractivity contribution in [1.82, 2.24) is 10.2 Å². The van der Waals surface area contributed by atoms with Gasteiger partial charge in [-0.15, -0.1) is 10.2 Å². The Hall–Kier alpha value is -1.68. The van der Waals surface area contributed by atoms with Crippen molar-refractivity contribution < 1.29 is 9.21 Å². The zero-order valence-electron chi connectivity index (χ0n) is 14.3. The maximum atomic E-state index is 12.0. The molecule has 4 aliphatic rings. The van der Waals surface area contributed by atoms with E-state index in [9.17, 15) is 4.79 Å². The summed E-state index contributed by atoms with van der Waals surface area (Å²) in [6.07, 6.45) is 7.57. The molecule has 4 aliphatic carbocycles. The number of thioether (sulfide) groups is 1. The SMILES string of the molecule is CC(=N)C(C#N)C(=O)CSc1nnc(C23CC4CC(CC(C4)C2)C3)o1. The van der Waals surface area contributed by atoms with E-state index in [4.69, 9.17) is 15.1 Å². The highest BCUT2D eigenvalue weighted by atomic mass is 32.2. The Morgan fingerprint density at radius 2 is 1.92 bits per heavy atom. The van der Waals surface area contributed by atoms with Gasteiger partial charge >= 0.3 is 0 Å². The normalized spacial score (nSPS) is 33.8. The van der Waals surface area contributed by atoms with Gasteiger partial charge in [0.2, 0.25) is 5.89 Å². The van der Waals surface area contributed by atoms with Gasteiger partial charge in [-0.3, -0.25) is 4.79 Å². The molecule has 132 valence electrons. The predicted molar refractivity (Wildman–Crippen MR) is 92.4 cm³/mol. The molecule has 5 rings (SSSR count). The molecule has 4 bridgehead atoms. The van der Waals surface area contributed by atoms with Crippen molar-refractivity contribution in [2.75, 3.05) is 5.75 Å². The summed E-state index contributed by atoms with van der Waals surface area (Å²) in [4.78, 5) is 12.0. The lowest BCUT2D eigenvalue weighted by Crippen LogP contribution is -2.48. The highest BCUT2D eigenvalue weighted by Crippen LogP contribution is 2.60. The number of hydrogen-bond acceptors (Lipinski definition) is 7. The standard InChI is InChI=1S/C18H22N4O2S/c1-10(20)14(8-19)15(23)9-25-17-22-21-16(24-17)18-5-11-2-12(6-18)4-13(3-11)7-18/h11-14,20H,2-7,9H2,1H3. The first-order chi connectivity index (χ1) is 12.0. The van der Waals surface area contributed by atoms with Crippen LogP contribution >= 0.6 is 11.8 Å². The summed E-state index contributed by atoms with van der Waals surface area (Å²) in [6, 6.07) is 1.88. The van der Waals surface area contributed by atoms with E-state index in [1.54, 1.807) is 0 Å². The summed E-state index contributed by atoms with van der Waals surface area (Å²) in [5, 5.41) is 25.4. The van der Waals surface area contributed by atoms with Crippen LogP contribution in [0.15, 0.2) is 9.64 Å². The maximum Gasteiger partial charge on any atom is 0.277 e. The Kier molecular flexibility index (Phi) is 4.19. The molecule has 6 nitrogen and oxygen atoms in total. The van der Waals surface area contributed by atoms with Crippen LogP contribution in [0.25, 0.3) is 0 Å². The van der Waals surface area contributed by atoms with E-state index in [0.717, 1.165) is 42.9 Å². The van der Waals surface area contributed by atoms with Crippen LogP contribution in [0.3, 0.4) is 0 Å². The summed E-state index contributed by atoms with van der Waals surface area (Å²) in [7, 11) is 0. The number of ketones is 1. The van der Waals surface area contributed by atoms with Crippen molar-refractivity contribution in [3.05, 3.63) is 5.89 Å². The van der Waals surface area contributed by atoms with Crippen molar-refractivity contribution in [3.8, 4) is 6.07 Å². The second-order valence-corrected chi connectivity index (χ2v) is 9.00. The van der Waals surface area contributed by atoms with E-state index in [-0.39, 0.29) is 22.7 Å². The van der Waals surface area contributed by atoms with E-state index in [1.807, 2.05) is 6.07 Å². The molecule has 1 unspecified atom stereocenters. The minimum atomic E-state index is -0.974. The molecule has 1 atom stereocenters. The molecule has 0 spiro atoms. The number of Topliss-reactive ketones (excluding diaryl/α,β-unsaturated/α-hetero) is 1. The second-order valence-electron chi connectivity index (χ2n) is 8.07. The molecule has 0 saturated heterocycles. The van der Waals surface area contributed by atoms with Crippen molar-refractivity contribution >= 4 is 23.3 Å². The fourth-order valence-corrected chi connectivity index (χ4v) is 6.15. The highest BCUT2D eigenvalue weighted by Gasteiger charge is 2.54. The van der Waals surface area contributed by atoms with E-state index >= 15 is 0 Å². The zero-order chi connectivity index (χ0) is 17.6. The first kappa shape index (κ1) is 16.8. The molecule has 0 amide bonds. The van der Waals surface area contributed by atoms with Crippen LogP contribution in [0.5, 0.6) is 0 Å². The molecule has 25 heavy (non-hydrogen) atoms. The largest absolute Gasteiger partial charge is 0.415 e. The smallest absolute Gasteiger partial charge is 0.277 e. The molecule has 4 fully saturated rings. The minimum absolute atomic E-state index is 0.0608. The molecule has 1 N–H and O–H groups in total. The van der Waals surface area contributed by atoms with Gasteiger partial charge in [0.05, 0.1) is 11.8 Å². The fourth-order valence-electron chi connectivity index (χ4n) is 5.48. The van der Waals surface area contributed by atoms with Crippen LogP contribution in [0, 0.1) is 40.4 Å². The number of aromatic nitrogens is 2. The number of nitriles is 1. The Morgan fingerprint density at radius 1 is 1.32 bits per heavy atom. The Balaban J connectivity index is 1.44. The Bertz CT molecular complexity index is 715. The van der Waals surface area contributed by atoms with Crippen molar-refractivity contribution in [1.29, 1.82) is 10.7 Å². The second kappa shape index (κ2) is 6.24. The van der Waals surface area contributed by atoms with Gasteiger partial charge < -0.3 is 9.83 Å². The summed E-state index contributed by atoms with van der Waals surface area (Å²) in [5.41, 5.74) is 0.138. The van der Waals surface area contributed by atoms with Gasteiger partial charge in [-0.1, -0.05) is 11.8 Å². The maximum absolute atomic E-state index is 12.0. The number of hydrogen-bond donors (Lipinski definition) is 1. The summed E-state index contributed by atoms with van der Waals surface area (Å²) < 4.78 is 5.94. The van der Waals surface area contributed by atoms with Crippen LogP contribution in [0.1, 0.15) is 51.3 Å². The predicted octanol–water partition coefficient (Wildman–Crippen LogP) is 3.38. The van der Waals surface area contributed by atoms with Crippen LogP contribution < -0.4 is 0 Å². The molecule has 0 aliphatic heterocycles. The summed E-state index contributed by atoms with van der Waals surface area (Å²) >= 11 is 1.18. The van der Waals surface area contributed by atoms with E-state index in [0.29, 0.717) is 5.22 Å². The van der Waals surface area contributed by atoms with Crippen LogP contribution in [0.2, 0.25) is 0 Å². The van der Waals surface area contributed by atoms with Gasteiger partial charge in [-0.2, -0.15) is 5.26 Å². The molecule has 1 aromatic heterocycles. The van der Waals surface area contributed by atoms with Gasteiger partial charge in [0, 0.05) is 11.1 Å².